The average Bonchev–Trinajstić information content (AvgIpc) is 3.20. The maximum absolute atomic E-state index is 12.7. The lowest BCUT2D eigenvalue weighted by Gasteiger charge is -2.35. The molecule has 21 heavy (non-hydrogen) atoms. The Hall–Kier alpha value is -1.98. The van der Waals surface area contributed by atoms with E-state index in [1.165, 1.54) is 0 Å². The van der Waals surface area contributed by atoms with Crippen molar-refractivity contribution in [2.75, 3.05) is 13.1 Å². The number of carboxylic acids is 1. The largest absolute Gasteiger partial charge is 0.481 e. The van der Waals surface area contributed by atoms with Crippen molar-refractivity contribution < 1.29 is 19.1 Å². The molecule has 3 rings (SSSR count). The normalized spacial score (nSPS) is 22.1. The summed E-state index contributed by atoms with van der Waals surface area (Å²) in [7, 11) is 0. The smallest absolute Gasteiger partial charge is 0.320 e. The number of carbonyl (C=O) groups is 2. The van der Waals surface area contributed by atoms with Gasteiger partial charge in [-0.2, -0.15) is 0 Å². The number of piperidine rings is 1. The number of likely N-dealkylation sites (tertiary alicyclic amines) is 1. The van der Waals surface area contributed by atoms with Crippen LogP contribution in [0.2, 0.25) is 0 Å². The lowest BCUT2D eigenvalue weighted by molar-refractivity contribution is -0.143. The summed E-state index contributed by atoms with van der Waals surface area (Å²) < 4.78 is 5.33. The highest BCUT2D eigenvalue weighted by molar-refractivity contribution is 5.77. The fraction of sp³-hybridized carbons (Fsp3) is 0.600. The highest BCUT2D eigenvalue weighted by Crippen LogP contribution is 2.30. The standard InChI is InChI=1S/C15H20N2O4/c18-14(19)11-3-1-7-16(9-11)15(20)17(12-5-6-12)10-13-4-2-8-21-13/h2,4,8,11-12H,1,3,5-7,9-10H2,(H,18,19)/t11-/m1/s1. The third-order valence-electron chi connectivity index (χ3n) is 4.18. The molecule has 1 N–H and O–H groups in total. The Morgan fingerprint density at radius 1 is 1.38 bits per heavy atom. The molecule has 2 amide bonds. The number of hydrogen-bond acceptors (Lipinski definition) is 3. The number of carbonyl (C=O) groups excluding carboxylic acids is 1. The van der Waals surface area contributed by atoms with Crippen LogP contribution in [0.4, 0.5) is 4.79 Å². The molecule has 0 unspecified atom stereocenters. The van der Waals surface area contributed by atoms with E-state index in [-0.39, 0.29) is 12.1 Å². The van der Waals surface area contributed by atoms with Gasteiger partial charge in [-0.05, 0) is 37.8 Å². The van der Waals surface area contributed by atoms with Crippen LogP contribution in [0.15, 0.2) is 22.8 Å². The fourth-order valence-electron chi connectivity index (χ4n) is 2.84. The number of urea groups is 1. The second-order valence-electron chi connectivity index (χ2n) is 5.84. The van der Waals surface area contributed by atoms with Crippen LogP contribution >= 0.6 is 0 Å². The summed E-state index contributed by atoms with van der Waals surface area (Å²) in [5.74, 6) is -0.481. The van der Waals surface area contributed by atoms with Crippen molar-refractivity contribution in [3.8, 4) is 0 Å². The van der Waals surface area contributed by atoms with Crippen LogP contribution in [0.1, 0.15) is 31.4 Å². The van der Waals surface area contributed by atoms with Gasteiger partial charge >= 0.3 is 12.0 Å². The first-order valence-electron chi connectivity index (χ1n) is 7.46. The fourth-order valence-corrected chi connectivity index (χ4v) is 2.84. The number of rotatable bonds is 4. The molecular weight excluding hydrogens is 272 g/mol. The van der Waals surface area contributed by atoms with Crippen LogP contribution in [0, 0.1) is 5.92 Å². The molecule has 1 aliphatic carbocycles. The summed E-state index contributed by atoms with van der Waals surface area (Å²) in [6, 6.07) is 3.89. The lowest BCUT2D eigenvalue weighted by Crippen LogP contribution is -2.49. The molecular formula is C15H20N2O4. The van der Waals surface area contributed by atoms with Crippen LogP contribution in [0.5, 0.6) is 0 Å². The molecule has 1 atom stereocenters. The van der Waals surface area contributed by atoms with Gasteiger partial charge in [0, 0.05) is 19.1 Å². The number of amides is 2. The molecule has 1 aliphatic heterocycles. The van der Waals surface area contributed by atoms with Crippen LogP contribution in [0.3, 0.4) is 0 Å². The molecule has 0 aromatic carbocycles. The summed E-state index contributed by atoms with van der Waals surface area (Å²) in [5, 5.41) is 9.14. The second-order valence-corrected chi connectivity index (χ2v) is 5.84. The van der Waals surface area contributed by atoms with E-state index < -0.39 is 11.9 Å². The molecule has 1 saturated heterocycles. The topological polar surface area (TPSA) is 74.0 Å². The molecule has 0 spiro atoms. The third-order valence-corrected chi connectivity index (χ3v) is 4.18. The first kappa shape index (κ1) is 14.0. The molecule has 1 aromatic heterocycles. The van der Waals surface area contributed by atoms with Crippen LogP contribution in [0.25, 0.3) is 0 Å². The van der Waals surface area contributed by atoms with Gasteiger partial charge in [-0.1, -0.05) is 0 Å². The maximum Gasteiger partial charge on any atom is 0.320 e. The van der Waals surface area contributed by atoms with Gasteiger partial charge in [0.05, 0.1) is 18.7 Å². The number of hydrogen-bond donors (Lipinski definition) is 1. The van der Waals surface area contributed by atoms with Crippen molar-refractivity contribution in [2.24, 2.45) is 5.92 Å². The van der Waals surface area contributed by atoms with Gasteiger partial charge < -0.3 is 19.3 Å². The molecule has 6 heteroatoms. The first-order valence-corrected chi connectivity index (χ1v) is 7.46. The molecule has 2 heterocycles. The van der Waals surface area contributed by atoms with Crippen molar-refractivity contribution in [2.45, 2.75) is 38.3 Å². The lowest BCUT2D eigenvalue weighted by atomic mass is 9.98. The molecule has 0 radical (unpaired) electrons. The average molecular weight is 292 g/mol. The van der Waals surface area contributed by atoms with E-state index in [4.69, 9.17) is 9.52 Å². The van der Waals surface area contributed by atoms with Crippen molar-refractivity contribution in [1.29, 1.82) is 0 Å². The Balaban J connectivity index is 1.67. The van der Waals surface area contributed by atoms with Crippen LogP contribution in [-0.2, 0) is 11.3 Å². The van der Waals surface area contributed by atoms with E-state index in [0.717, 1.165) is 25.0 Å². The zero-order chi connectivity index (χ0) is 14.8. The molecule has 2 fully saturated rings. The first-order chi connectivity index (χ1) is 10.1. The Morgan fingerprint density at radius 2 is 2.19 bits per heavy atom. The molecule has 1 aromatic rings. The quantitative estimate of drug-likeness (QED) is 0.923. The number of carboxylic acid groups (broad SMARTS) is 1. The van der Waals surface area contributed by atoms with E-state index in [1.807, 2.05) is 17.0 Å². The zero-order valence-corrected chi connectivity index (χ0v) is 11.9. The number of aliphatic carboxylic acids is 1. The van der Waals surface area contributed by atoms with Crippen molar-refractivity contribution >= 4 is 12.0 Å². The Labute approximate surface area is 123 Å². The van der Waals surface area contributed by atoms with Crippen molar-refractivity contribution in [3.05, 3.63) is 24.2 Å². The predicted octanol–water partition coefficient (Wildman–Crippen LogP) is 2.16. The van der Waals surface area contributed by atoms with Gasteiger partial charge in [0.15, 0.2) is 0 Å². The van der Waals surface area contributed by atoms with Crippen molar-refractivity contribution in [1.82, 2.24) is 9.80 Å². The highest BCUT2D eigenvalue weighted by Gasteiger charge is 2.37. The van der Waals surface area contributed by atoms with Crippen molar-refractivity contribution in [3.63, 3.8) is 0 Å². The summed E-state index contributed by atoms with van der Waals surface area (Å²) in [6.07, 6.45) is 5.04. The van der Waals surface area contributed by atoms with Crippen LogP contribution in [-0.4, -0.2) is 46.0 Å². The minimum absolute atomic E-state index is 0.0557. The maximum atomic E-state index is 12.7. The van der Waals surface area contributed by atoms with E-state index in [0.29, 0.717) is 26.1 Å². The molecule has 1 saturated carbocycles. The molecule has 0 bridgehead atoms. The van der Waals surface area contributed by atoms with Gasteiger partial charge in [0.1, 0.15) is 5.76 Å². The summed E-state index contributed by atoms with van der Waals surface area (Å²) in [5.41, 5.74) is 0. The number of nitrogens with zero attached hydrogens (tertiary/aromatic N) is 2. The highest BCUT2D eigenvalue weighted by atomic mass is 16.4. The SMILES string of the molecule is O=C(O)[C@@H]1CCCN(C(=O)N(Cc2ccco2)C2CC2)C1. The van der Waals surface area contributed by atoms with Gasteiger partial charge in [0.25, 0.3) is 0 Å². The van der Waals surface area contributed by atoms with Gasteiger partial charge in [0.2, 0.25) is 0 Å². The summed E-state index contributed by atoms with van der Waals surface area (Å²) >= 11 is 0. The van der Waals surface area contributed by atoms with E-state index in [9.17, 15) is 9.59 Å². The predicted molar refractivity (Wildman–Crippen MR) is 74.6 cm³/mol. The monoisotopic (exact) mass is 292 g/mol. The minimum atomic E-state index is -0.809. The molecule has 2 aliphatic rings. The van der Waals surface area contributed by atoms with E-state index >= 15 is 0 Å². The third kappa shape index (κ3) is 3.20. The van der Waals surface area contributed by atoms with Gasteiger partial charge in [-0.25, -0.2) is 4.79 Å². The van der Waals surface area contributed by atoms with Gasteiger partial charge in [-0.15, -0.1) is 0 Å². The summed E-state index contributed by atoms with van der Waals surface area (Å²) in [6.45, 7) is 1.42. The number of furan rings is 1. The zero-order valence-electron chi connectivity index (χ0n) is 11.9. The molecule has 6 nitrogen and oxygen atoms in total. The minimum Gasteiger partial charge on any atom is -0.481 e. The Morgan fingerprint density at radius 3 is 2.81 bits per heavy atom. The Kier molecular flexibility index (Phi) is 3.86. The van der Waals surface area contributed by atoms with Gasteiger partial charge in [-0.3, -0.25) is 4.79 Å². The van der Waals surface area contributed by atoms with Crippen LogP contribution < -0.4 is 0 Å². The summed E-state index contributed by atoms with van der Waals surface area (Å²) in [4.78, 5) is 27.3. The van der Waals surface area contributed by atoms with E-state index in [1.54, 1.807) is 11.2 Å². The Bertz CT molecular complexity index is 510. The second kappa shape index (κ2) is 5.79. The molecule has 114 valence electrons. The van der Waals surface area contributed by atoms with E-state index in [2.05, 4.69) is 0 Å².